The number of esters is 2. The first kappa shape index (κ1) is 51.7. The van der Waals surface area contributed by atoms with Gasteiger partial charge < -0.3 is 19.5 Å². The van der Waals surface area contributed by atoms with Gasteiger partial charge in [0, 0.05) is 32.5 Å². The van der Waals surface area contributed by atoms with Crippen LogP contribution < -0.4 is 5.32 Å². The number of rotatable bonds is 35. The number of amides is 1. The molecule has 57 heavy (non-hydrogen) atoms. The number of ether oxygens (including phenoxy) is 3. The van der Waals surface area contributed by atoms with Crippen molar-refractivity contribution in [1.82, 2.24) is 10.2 Å². The lowest BCUT2D eigenvalue weighted by Crippen LogP contribution is -2.60. The topological polar surface area (TPSA) is 94.2 Å². The van der Waals surface area contributed by atoms with Gasteiger partial charge in [0.15, 0.2) is 6.10 Å². The molecule has 1 aliphatic heterocycles. The minimum absolute atomic E-state index is 0.132. The number of hydrogen-bond donors (Lipinski definition) is 1. The summed E-state index contributed by atoms with van der Waals surface area (Å²) in [5.74, 6) is -0.830. The van der Waals surface area contributed by atoms with Crippen molar-refractivity contribution in [3.63, 3.8) is 0 Å². The molecule has 0 spiro atoms. The number of allylic oxidation sites excluding steroid dienone is 10. The van der Waals surface area contributed by atoms with Gasteiger partial charge in [-0.1, -0.05) is 126 Å². The number of nitrogens with one attached hydrogen (secondary N) is 1. The Labute approximate surface area is 342 Å². The number of unbranched alkanes of at least 4 members (excludes halogenated alkanes) is 13. The minimum Gasteiger partial charge on any atom is -0.462 e. The van der Waals surface area contributed by atoms with Crippen molar-refractivity contribution in [3.05, 3.63) is 60.8 Å². The van der Waals surface area contributed by atoms with E-state index in [1.165, 1.54) is 19.3 Å². The van der Waals surface area contributed by atoms with Crippen LogP contribution in [-0.2, 0) is 23.8 Å². The lowest BCUT2D eigenvalue weighted by molar-refractivity contribution is -0.152. The van der Waals surface area contributed by atoms with Crippen LogP contribution >= 0.6 is 0 Å². The number of likely N-dealkylation sites (tertiary alicyclic amines) is 1. The molecule has 1 N–H and O–H groups in total. The zero-order valence-corrected chi connectivity index (χ0v) is 35.3. The highest BCUT2D eigenvalue weighted by Gasteiger charge is 2.33. The molecule has 0 aliphatic carbocycles. The molecule has 326 valence electrons. The van der Waals surface area contributed by atoms with Crippen molar-refractivity contribution >= 4 is 18.0 Å². The van der Waals surface area contributed by atoms with E-state index in [0.717, 1.165) is 96.3 Å². The summed E-state index contributed by atoms with van der Waals surface area (Å²) in [5.41, 5.74) is 0. The summed E-state index contributed by atoms with van der Waals surface area (Å²) in [6.45, 7) is 4.24. The maximum Gasteiger partial charge on any atom is 0.407 e. The standard InChI is InChI=1S/C46H75F3N2O6/c1-3-5-7-9-11-13-15-17-19-21-23-25-27-29-31-33-43(52)55-39-42(57-45(54)50-41-37-51(38-41)36-35-46(47,48)49)40-56-44(53)34-32-30-28-26-24-22-20-18-16-14-12-10-8-6-4-2/h5,7,11-14,17-20,41-42H,3-4,6,8-10,15-16,21-40H2,1-2H3,(H,50,54)/b7-5-,13-11-,14-12-,19-17-,20-18-. The Balaban J connectivity index is 2.32. The molecule has 0 saturated carbocycles. The highest BCUT2D eigenvalue weighted by molar-refractivity contribution is 5.70. The van der Waals surface area contributed by atoms with Gasteiger partial charge in [0.1, 0.15) is 13.2 Å². The Hall–Kier alpha value is -3.34. The van der Waals surface area contributed by atoms with Crippen LogP contribution in [0.5, 0.6) is 0 Å². The van der Waals surface area contributed by atoms with Gasteiger partial charge in [-0.05, 0) is 77.0 Å². The summed E-state index contributed by atoms with van der Waals surface area (Å²) in [5, 5.41) is 2.64. The van der Waals surface area contributed by atoms with Crippen molar-refractivity contribution in [2.45, 2.75) is 180 Å². The Bertz CT molecular complexity index is 1180. The van der Waals surface area contributed by atoms with Gasteiger partial charge >= 0.3 is 24.2 Å². The molecule has 0 aromatic rings. The fourth-order valence-corrected chi connectivity index (χ4v) is 6.08. The molecule has 1 atom stereocenters. The quantitative estimate of drug-likeness (QED) is 0.0295. The van der Waals surface area contributed by atoms with Crippen LogP contribution in [0, 0.1) is 0 Å². The molecule has 1 saturated heterocycles. The van der Waals surface area contributed by atoms with Gasteiger partial charge in [-0.2, -0.15) is 13.2 Å². The van der Waals surface area contributed by atoms with E-state index >= 15 is 0 Å². The third-order valence-corrected chi connectivity index (χ3v) is 9.49. The zero-order chi connectivity index (χ0) is 41.7. The van der Waals surface area contributed by atoms with Crippen LogP contribution in [0.2, 0.25) is 0 Å². The molecule has 11 heteroatoms. The fraction of sp³-hybridized carbons (Fsp3) is 0.717. The molecule has 1 rings (SSSR count). The van der Waals surface area contributed by atoms with Crippen LogP contribution in [0.25, 0.3) is 0 Å². The molecule has 0 bridgehead atoms. The monoisotopic (exact) mass is 809 g/mol. The van der Waals surface area contributed by atoms with Crippen LogP contribution in [0.3, 0.4) is 0 Å². The van der Waals surface area contributed by atoms with Crippen molar-refractivity contribution in [2.24, 2.45) is 0 Å². The normalized spacial score (nSPS) is 14.7. The number of nitrogens with zero attached hydrogens (tertiary/aromatic N) is 1. The molecule has 0 radical (unpaired) electrons. The fourth-order valence-electron chi connectivity index (χ4n) is 6.08. The Morgan fingerprint density at radius 2 is 1.07 bits per heavy atom. The van der Waals surface area contributed by atoms with Gasteiger partial charge in [0.05, 0.1) is 12.5 Å². The van der Waals surface area contributed by atoms with Crippen LogP contribution in [0.15, 0.2) is 60.8 Å². The molecule has 1 unspecified atom stereocenters. The number of carbonyl (C=O) groups excluding carboxylic acids is 3. The Morgan fingerprint density at radius 3 is 1.54 bits per heavy atom. The summed E-state index contributed by atoms with van der Waals surface area (Å²) in [6.07, 6.45) is 36.3. The van der Waals surface area contributed by atoms with Crippen LogP contribution in [0.1, 0.15) is 162 Å². The van der Waals surface area contributed by atoms with Gasteiger partial charge in [-0.25, -0.2) is 4.79 Å². The van der Waals surface area contributed by atoms with Gasteiger partial charge in [0.2, 0.25) is 0 Å². The SMILES string of the molecule is CC/C=C\C/C=C\C/C=C\CCCCCCCC(=O)OCC(COC(=O)CCCCCCC/C=C\C/C=C\CCCCC)OC(=O)NC1CN(CCC(F)(F)F)C1. The third kappa shape index (κ3) is 34.4. The van der Waals surface area contributed by atoms with E-state index in [9.17, 15) is 27.6 Å². The average Bonchev–Trinajstić information content (AvgIpc) is 3.16. The molecule has 1 heterocycles. The number of carbonyl (C=O) groups is 3. The highest BCUT2D eigenvalue weighted by Crippen LogP contribution is 2.21. The predicted molar refractivity (Wildman–Crippen MR) is 225 cm³/mol. The first-order valence-corrected chi connectivity index (χ1v) is 21.9. The van der Waals surface area contributed by atoms with Crippen molar-refractivity contribution in [1.29, 1.82) is 0 Å². The van der Waals surface area contributed by atoms with Gasteiger partial charge in [-0.15, -0.1) is 0 Å². The Kier molecular flexibility index (Phi) is 32.5. The van der Waals surface area contributed by atoms with Gasteiger partial charge in [0.25, 0.3) is 0 Å². The molecule has 0 aromatic heterocycles. The van der Waals surface area contributed by atoms with E-state index in [4.69, 9.17) is 14.2 Å². The van der Waals surface area contributed by atoms with Crippen molar-refractivity contribution in [3.8, 4) is 0 Å². The average molecular weight is 809 g/mol. The van der Waals surface area contributed by atoms with Gasteiger partial charge in [-0.3, -0.25) is 14.5 Å². The second-order valence-electron chi connectivity index (χ2n) is 14.9. The first-order valence-electron chi connectivity index (χ1n) is 21.9. The summed E-state index contributed by atoms with van der Waals surface area (Å²) < 4.78 is 53.8. The lowest BCUT2D eigenvalue weighted by Gasteiger charge is -2.39. The smallest absolute Gasteiger partial charge is 0.407 e. The maximum absolute atomic E-state index is 12.6. The highest BCUT2D eigenvalue weighted by atomic mass is 19.4. The molecule has 1 amide bonds. The summed E-state index contributed by atoms with van der Waals surface area (Å²) in [7, 11) is 0. The zero-order valence-electron chi connectivity index (χ0n) is 35.3. The van der Waals surface area contributed by atoms with E-state index in [-0.39, 0.29) is 51.7 Å². The molecule has 1 fully saturated rings. The molecule has 1 aliphatic rings. The number of alkyl carbamates (subject to hydrolysis) is 1. The summed E-state index contributed by atoms with van der Waals surface area (Å²) in [6, 6.07) is -0.356. The number of hydrogen-bond acceptors (Lipinski definition) is 7. The van der Waals surface area contributed by atoms with E-state index < -0.39 is 36.7 Å². The van der Waals surface area contributed by atoms with E-state index in [1.807, 2.05) is 0 Å². The van der Waals surface area contributed by atoms with Crippen LogP contribution in [-0.4, -0.2) is 74.1 Å². The van der Waals surface area contributed by atoms with E-state index in [1.54, 1.807) is 4.90 Å². The second kappa shape index (κ2) is 35.8. The summed E-state index contributed by atoms with van der Waals surface area (Å²) in [4.78, 5) is 39.2. The van der Waals surface area contributed by atoms with Crippen LogP contribution in [0.4, 0.5) is 18.0 Å². The lowest BCUT2D eigenvalue weighted by atomic mass is 10.1. The minimum atomic E-state index is -4.23. The molecular weight excluding hydrogens is 734 g/mol. The van der Waals surface area contributed by atoms with Crippen molar-refractivity contribution in [2.75, 3.05) is 32.8 Å². The second-order valence-corrected chi connectivity index (χ2v) is 14.9. The van der Waals surface area contributed by atoms with E-state index in [0.29, 0.717) is 12.8 Å². The number of alkyl halides is 3. The molecular formula is C46H75F3N2O6. The first-order chi connectivity index (χ1) is 27.6. The van der Waals surface area contributed by atoms with Crippen molar-refractivity contribution < 1.29 is 41.8 Å². The number of halogens is 3. The predicted octanol–water partition coefficient (Wildman–Crippen LogP) is 12.2. The molecule has 8 nitrogen and oxygen atoms in total. The summed E-state index contributed by atoms with van der Waals surface area (Å²) >= 11 is 0. The van der Waals surface area contributed by atoms with E-state index in [2.05, 4.69) is 79.9 Å². The maximum atomic E-state index is 12.6. The molecule has 0 aromatic carbocycles. The third-order valence-electron chi connectivity index (χ3n) is 9.49. The Morgan fingerprint density at radius 1 is 0.632 bits per heavy atom. The largest absolute Gasteiger partial charge is 0.462 e.